The molecule has 0 unspecified atom stereocenters. The van der Waals surface area contributed by atoms with Crippen molar-refractivity contribution < 1.29 is 9.59 Å². The first-order valence-electron chi connectivity index (χ1n) is 12.9. The Morgan fingerprint density at radius 3 is 2.17 bits per heavy atom. The number of pyridine rings is 1. The Bertz CT molecular complexity index is 891. The number of carbonyl (C=O) groups excluding carboxylic acids is 2. The second-order valence-electron chi connectivity index (χ2n) is 8.65. The van der Waals surface area contributed by atoms with Crippen LogP contribution in [0.4, 0.5) is 0 Å². The molecule has 1 N–H and O–H groups in total. The summed E-state index contributed by atoms with van der Waals surface area (Å²) in [7, 11) is 0. The number of amides is 2. The molecule has 6 heteroatoms. The average molecular weight is 510 g/mol. The Labute approximate surface area is 224 Å². The van der Waals surface area contributed by atoms with Crippen LogP contribution in [-0.2, 0) is 4.79 Å². The van der Waals surface area contributed by atoms with Crippen LogP contribution in [0.25, 0.3) is 0 Å². The summed E-state index contributed by atoms with van der Waals surface area (Å²) in [5.74, 6) is 0.0475. The minimum absolute atomic E-state index is 0. The van der Waals surface area contributed by atoms with E-state index in [-0.39, 0.29) is 31.4 Å². The monoisotopic (exact) mass is 509 g/mol. The maximum absolute atomic E-state index is 12.5. The highest BCUT2D eigenvalue weighted by Crippen LogP contribution is 2.13. The molecule has 0 spiro atoms. The first kappa shape index (κ1) is 31.2. The smallest absolute Gasteiger partial charge is 0.255 e. The molecular formula is C30H43N3O2S. The van der Waals surface area contributed by atoms with Crippen LogP contribution in [0.15, 0.2) is 85.3 Å². The summed E-state index contributed by atoms with van der Waals surface area (Å²) >= 11 is 0. The molecule has 1 aromatic heterocycles. The molecule has 0 bridgehead atoms. The largest absolute Gasteiger partial charge is 0.352 e. The number of nitrogens with zero attached hydrogens (tertiary/aromatic N) is 2. The lowest BCUT2D eigenvalue weighted by molar-refractivity contribution is -0.121. The third-order valence-corrected chi connectivity index (χ3v) is 5.68. The number of nitrogens with one attached hydrogen (secondary N) is 1. The minimum atomic E-state index is -0.0201. The molecule has 1 aliphatic heterocycles. The van der Waals surface area contributed by atoms with E-state index in [4.69, 9.17) is 0 Å². The van der Waals surface area contributed by atoms with E-state index < -0.39 is 0 Å². The molecule has 0 aliphatic carbocycles. The quantitative estimate of drug-likeness (QED) is 0.218. The third-order valence-electron chi connectivity index (χ3n) is 5.68. The van der Waals surface area contributed by atoms with Crippen molar-refractivity contribution in [3.8, 4) is 0 Å². The van der Waals surface area contributed by atoms with E-state index in [9.17, 15) is 9.59 Å². The number of hydrogen-bond donors (Lipinski definition) is 1. The van der Waals surface area contributed by atoms with E-state index in [0.29, 0.717) is 25.1 Å². The first-order valence-corrected chi connectivity index (χ1v) is 12.9. The maximum atomic E-state index is 12.5. The predicted molar refractivity (Wildman–Crippen MR) is 155 cm³/mol. The van der Waals surface area contributed by atoms with E-state index in [1.54, 1.807) is 29.4 Å². The van der Waals surface area contributed by atoms with Crippen molar-refractivity contribution in [1.82, 2.24) is 15.2 Å². The summed E-state index contributed by atoms with van der Waals surface area (Å²) in [5.41, 5.74) is 0.594. The van der Waals surface area contributed by atoms with Crippen molar-refractivity contribution in [3.63, 3.8) is 0 Å². The molecule has 1 aliphatic rings. The molecule has 1 saturated heterocycles. The Kier molecular flexibility index (Phi) is 17.6. The van der Waals surface area contributed by atoms with E-state index in [1.165, 1.54) is 0 Å². The summed E-state index contributed by atoms with van der Waals surface area (Å²) in [6.07, 6.45) is 33.2. The molecule has 1 fully saturated rings. The fourth-order valence-electron chi connectivity index (χ4n) is 3.78. The number of allylic oxidation sites excluding steroid dienone is 10. The van der Waals surface area contributed by atoms with Crippen LogP contribution in [0.5, 0.6) is 0 Å². The van der Waals surface area contributed by atoms with Gasteiger partial charge >= 0.3 is 0 Å². The molecule has 2 rings (SSSR count). The lowest BCUT2D eigenvalue weighted by atomic mass is 10.2. The van der Waals surface area contributed by atoms with Crippen molar-refractivity contribution >= 4 is 25.3 Å². The lowest BCUT2D eigenvalue weighted by Gasteiger charge is -2.17. The van der Waals surface area contributed by atoms with Gasteiger partial charge in [-0.15, -0.1) is 0 Å². The second kappa shape index (κ2) is 20.3. The molecule has 196 valence electrons. The topological polar surface area (TPSA) is 62.3 Å². The lowest BCUT2D eigenvalue weighted by Crippen LogP contribution is -2.38. The number of likely N-dealkylation sites (tertiary alicyclic amines) is 1. The van der Waals surface area contributed by atoms with Gasteiger partial charge in [0.2, 0.25) is 5.91 Å². The van der Waals surface area contributed by atoms with Gasteiger partial charge in [0.05, 0.1) is 5.56 Å². The number of hydrogen-bond acceptors (Lipinski definition) is 3. The normalized spacial score (nSPS) is 16.1. The van der Waals surface area contributed by atoms with Crippen molar-refractivity contribution in [1.29, 1.82) is 0 Å². The minimum Gasteiger partial charge on any atom is -0.352 e. The molecule has 0 radical (unpaired) electrons. The number of carbonyl (C=O) groups is 2. The summed E-state index contributed by atoms with van der Waals surface area (Å²) < 4.78 is 0. The number of unbranched alkanes of at least 4 members (excludes halogenated alkanes) is 1. The van der Waals surface area contributed by atoms with Gasteiger partial charge in [0, 0.05) is 37.9 Å². The van der Waals surface area contributed by atoms with Crippen LogP contribution in [0.3, 0.4) is 0 Å². The fourth-order valence-corrected chi connectivity index (χ4v) is 3.78. The van der Waals surface area contributed by atoms with Gasteiger partial charge in [-0.1, -0.05) is 67.7 Å². The van der Waals surface area contributed by atoms with Crippen molar-refractivity contribution in [2.75, 3.05) is 13.1 Å². The van der Waals surface area contributed by atoms with E-state index in [2.05, 4.69) is 78.0 Å². The van der Waals surface area contributed by atoms with E-state index in [1.807, 2.05) is 0 Å². The van der Waals surface area contributed by atoms with Gasteiger partial charge in [0.25, 0.3) is 5.91 Å². The van der Waals surface area contributed by atoms with Gasteiger partial charge in [-0.05, 0) is 63.5 Å². The van der Waals surface area contributed by atoms with Crippen molar-refractivity contribution in [2.45, 2.75) is 70.8 Å². The van der Waals surface area contributed by atoms with Crippen LogP contribution in [0, 0.1) is 0 Å². The first-order chi connectivity index (χ1) is 17.2. The molecule has 1 aromatic rings. The van der Waals surface area contributed by atoms with Crippen molar-refractivity contribution in [3.05, 3.63) is 90.9 Å². The molecule has 5 nitrogen and oxygen atoms in total. The summed E-state index contributed by atoms with van der Waals surface area (Å²) in [5, 5.41) is 3.07. The molecule has 36 heavy (non-hydrogen) atoms. The summed E-state index contributed by atoms with van der Waals surface area (Å²) in [4.78, 5) is 30.5. The molecule has 2 amide bonds. The highest BCUT2D eigenvalue weighted by atomic mass is 32.1. The Morgan fingerprint density at radius 1 is 0.972 bits per heavy atom. The Morgan fingerprint density at radius 2 is 1.58 bits per heavy atom. The average Bonchev–Trinajstić information content (AvgIpc) is 3.34. The molecule has 0 saturated carbocycles. The summed E-state index contributed by atoms with van der Waals surface area (Å²) in [6.45, 7) is 3.38. The van der Waals surface area contributed by atoms with Crippen LogP contribution in [0.2, 0.25) is 0 Å². The van der Waals surface area contributed by atoms with Gasteiger partial charge in [-0.2, -0.15) is 13.5 Å². The maximum Gasteiger partial charge on any atom is 0.255 e. The number of rotatable bonds is 15. The van der Waals surface area contributed by atoms with Gasteiger partial charge in [0.15, 0.2) is 0 Å². The van der Waals surface area contributed by atoms with Gasteiger partial charge in [0.1, 0.15) is 0 Å². The highest BCUT2D eigenvalue weighted by molar-refractivity contribution is 7.59. The SMILES string of the molecule is CC/C=C\C/C=C\C/C=C\C/C=C\C/C=C\CCCC(=O)N[C@H]1CCN(C(=O)c2cccnc2)C1.S. The van der Waals surface area contributed by atoms with Gasteiger partial charge in [-0.3, -0.25) is 14.6 Å². The van der Waals surface area contributed by atoms with Gasteiger partial charge < -0.3 is 10.2 Å². The third kappa shape index (κ3) is 13.9. The highest BCUT2D eigenvalue weighted by Gasteiger charge is 2.27. The van der Waals surface area contributed by atoms with Gasteiger partial charge in [-0.25, -0.2) is 0 Å². The fraction of sp³-hybridized carbons (Fsp3) is 0.433. The van der Waals surface area contributed by atoms with E-state index >= 15 is 0 Å². The zero-order valence-corrected chi connectivity index (χ0v) is 22.6. The zero-order chi connectivity index (χ0) is 25.0. The Balaban J connectivity index is 0.00000648. The van der Waals surface area contributed by atoms with E-state index in [0.717, 1.165) is 51.4 Å². The zero-order valence-electron chi connectivity index (χ0n) is 21.6. The molecular weight excluding hydrogens is 466 g/mol. The molecule has 1 atom stereocenters. The molecule has 2 heterocycles. The summed E-state index contributed by atoms with van der Waals surface area (Å²) in [6, 6.07) is 3.58. The second-order valence-corrected chi connectivity index (χ2v) is 8.65. The van der Waals surface area contributed by atoms with Crippen LogP contribution < -0.4 is 5.32 Å². The molecule has 0 aromatic carbocycles. The van der Waals surface area contributed by atoms with Crippen LogP contribution in [0.1, 0.15) is 75.1 Å². The standard InChI is InChI=1S/C30H41N3O2.H2S/c1-2-3-4-5-6-7-8-9-10-11-12-13-14-15-16-17-18-21-29(34)32-28-22-24-33(26-28)30(35)27-20-19-23-31-25-27;/h3-4,6-7,9-10,12-13,15-16,19-20,23,25,28H,2,5,8,11,14,17-18,21-22,24,26H2,1H3,(H,32,34);1H2/b4-3-,7-6-,10-9-,13-12-,16-15-;/t28-;/m0./s1. The van der Waals surface area contributed by atoms with Crippen LogP contribution in [-0.4, -0.2) is 40.8 Å². The Hall–Kier alpha value is -2.86. The number of aromatic nitrogens is 1. The van der Waals surface area contributed by atoms with Crippen LogP contribution >= 0.6 is 13.5 Å². The predicted octanol–water partition coefficient (Wildman–Crippen LogP) is 6.45. The van der Waals surface area contributed by atoms with Crippen molar-refractivity contribution in [2.24, 2.45) is 0 Å².